The first-order valence-corrected chi connectivity index (χ1v) is 10.9. The summed E-state index contributed by atoms with van der Waals surface area (Å²) in [6.45, 7) is 0. The van der Waals surface area contributed by atoms with Crippen molar-refractivity contribution in [1.29, 1.82) is 0 Å². The van der Waals surface area contributed by atoms with E-state index >= 15 is 0 Å². The number of nitrogens with zero attached hydrogens (tertiary/aromatic N) is 2. The molecule has 0 atom stereocenters. The third-order valence-electron chi connectivity index (χ3n) is 6.96. The Labute approximate surface area is 182 Å². The van der Waals surface area contributed by atoms with Crippen molar-refractivity contribution in [3.63, 3.8) is 0 Å². The summed E-state index contributed by atoms with van der Waals surface area (Å²) in [6, 6.07) is 34.6. The number of hydrogen-bond donors (Lipinski definition) is 0. The SMILES string of the molecule is c1ccc2c(c1)=Nc1c=2ccc2c1ccc1c3ccccc3c3c(c21)=c1ccccc1=N3. The molecule has 0 aliphatic carbocycles. The van der Waals surface area contributed by atoms with Crippen molar-refractivity contribution in [1.82, 2.24) is 0 Å². The fourth-order valence-corrected chi connectivity index (χ4v) is 5.60. The summed E-state index contributed by atoms with van der Waals surface area (Å²) < 4.78 is 0. The van der Waals surface area contributed by atoms with Crippen LogP contribution >= 0.6 is 0 Å². The molecule has 146 valence electrons. The topological polar surface area (TPSA) is 24.7 Å². The van der Waals surface area contributed by atoms with Crippen molar-refractivity contribution in [2.24, 2.45) is 9.98 Å². The molecule has 0 unspecified atom stereocenters. The molecule has 0 fully saturated rings. The predicted octanol–water partition coefficient (Wildman–Crippen LogP) is 6.25. The van der Waals surface area contributed by atoms with Crippen LogP contribution in [0.5, 0.6) is 0 Å². The Morgan fingerprint density at radius 2 is 0.938 bits per heavy atom. The maximum absolute atomic E-state index is 5.08. The molecular weight excluding hydrogens is 388 g/mol. The van der Waals surface area contributed by atoms with Crippen LogP contribution in [0.25, 0.3) is 32.3 Å². The maximum atomic E-state index is 5.08. The number of benzene rings is 6. The lowest BCUT2D eigenvalue weighted by Gasteiger charge is -2.11. The fourth-order valence-electron chi connectivity index (χ4n) is 5.60. The molecule has 6 aromatic rings. The normalized spacial score (nSPS) is 12.9. The summed E-state index contributed by atoms with van der Waals surface area (Å²) in [6.07, 6.45) is 0. The molecule has 6 aromatic carbocycles. The summed E-state index contributed by atoms with van der Waals surface area (Å²) in [5.74, 6) is 0. The second-order valence-electron chi connectivity index (χ2n) is 8.57. The second-order valence-corrected chi connectivity index (χ2v) is 8.57. The van der Waals surface area contributed by atoms with Crippen LogP contribution < -0.4 is 10.7 Å². The fraction of sp³-hybridized carbons (Fsp3) is 0. The van der Waals surface area contributed by atoms with Crippen molar-refractivity contribution in [3.8, 4) is 0 Å². The smallest absolute Gasteiger partial charge is 0.0801 e. The highest BCUT2D eigenvalue weighted by molar-refractivity contribution is 6.22. The van der Waals surface area contributed by atoms with Crippen molar-refractivity contribution < 1.29 is 0 Å². The van der Waals surface area contributed by atoms with Crippen LogP contribution in [0.4, 0.5) is 11.4 Å². The number of hydrogen-bond acceptors (Lipinski definition) is 2. The molecule has 2 aliphatic heterocycles. The van der Waals surface area contributed by atoms with E-state index in [9.17, 15) is 0 Å². The molecule has 2 aliphatic rings. The second kappa shape index (κ2) is 5.68. The average Bonchev–Trinajstić information content (AvgIpc) is 3.43. The Morgan fingerprint density at radius 3 is 1.81 bits per heavy atom. The average molecular weight is 404 g/mol. The van der Waals surface area contributed by atoms with E-state index in [1.165, 1.54) is 53.2 Å². The minimum atomic E-state index is 1.05. The first-order chi connectivity index (χ1) is 15.9. The van der Waals surface area contributed by atoms with Crippen LogP contribution in [0.2, 0.25) is 0 Å². The van der Waals surface area contributed by atoms with E-state index in [-0.39, 0.29) is 0 Å². The molecule has 2 nitrogen and oxygen atoms in total. The molecule has 0 radical (unpaired) electrons. The van der Waals surface area contributed by atoms with Gasteiger partial charge in [0.15, 0.2) is 0 Å². The molecule has 2 heterocycles. The van der Waals surface area contributed by atoms with Gasteiger partial charge in [-0.2, -0.15) is 0 Å². The van der Waals surface area contributed by atoms with Crippen molar-refractivity contribution >= 4 is 43.7 Å². The Hall–Kier alpha value is -4.30. The third-order valence-corrected chi connectivity index (χ3v) is 6.96. The van der Waals surface area contributed by atoms with Gasteiger partial charge >= 0.3 is 0 Å². The van der Waals surface area contributed by atoms with Crippen LogP contribution in [-0.2, 0) is 0 Å². The lowest BCUT2D eigenvalue weighted by molar-refractivity contribution is 1.38. The summed E-state index contributed by atoms with van der Waals surface area (Å²) in [5, 5.41) is 14.5. The Morgan fingerprint density at radius 1 is 0.375 bits per heavy atom. The van der Waals surface area contributed by atoms with Crippen LogP contribution in [0.1, 0.15) is 0 Å². The van der Waals surface area contributed by atoms with Gasteiger partial charge in [0.1, 0.15) is 0 Å². The Bertz CT molecular complexity index is 2140. The van der Waals surface area contributed by atoms with Crippen molar-refractivity contribution in [2.75, 3.05) is 0 Å². The number of rotatable bonds is 0. The number of para-hydroxylation sites is 2. The zero-order chi connectivity index (χ0) is 20.8. The van der Waals surface area contributed by atoms with E-state index in [2.05, 4.69) is 97.1 Å². The molecule has 0 saturated heterocycles. The standard InChI is InChI=1S/C30H16N2/c1-2-9-21-17(7-1)19-13-16-23-20(14-15-22-18-8-3-5-11-25(18)31-29(22)23)27(19)28-24-10-4-6-12-26(24)32-30(21)28/h1-16H. The molecule has 0 spiro atoms. The van der Waals surface area contributed by atoms with Crippen molar-refractivity contribution in [2.45, 2.75) is 0 Å². The largest absolute Gasteiger partial charge is 0.247 e. The van der Waals surface area contributed by atoms with Gasteiger partial charge in [0.2, 0.25) is 0 Å². The van der Waals surface area contributed by atoms with Gasteiger partial charge in [0.25, 0.3) is 0 Å². The van der Waals surface area contributed by atoms with Crippen molar-refractivity contribution in [3.05, 3.63) is 129 Å². The lowest BCUT2D eigenvalue weighted by atomic mass is 9.93. The van der Waals surface area contributed by atoms with Gasteiger partial charge in [-0.1, -0.05) is 84.9 Å². The minimum Gasteiger partial charge on any atom is -0.247 e. The highest BCUT2D eigenvalue weighted by Crippen LogP contribution is 2.42. The Kier molecular flexibility index (Phi) is 2.91. The molecule has 8 rings (SSSR count). The molecule has 0 N–H and O–H groups in total. The molecular formula is C30H16N2. The van der Waals surface area contributed by atoms with Crippen LogP contribution in [0, 0.1) is 20.9 Å². The summed E-state index contributed by atoms with van der Waals surface area (Å²) >= 11 is 0. The molecule has 0 amide bonds. The van der Waals surface area contributed by atoms with E-state index in [0.29, 0.717) is 0 Å². The first-order valence-electron chi connectivity index (χ1n) is 10.9. The van der Waals surface area contributed by atoms with Gasteiger partial charge in [-0.3, -0.25) is 0 Å². The quantitative estimate of drug-likeness (QED) is 0.267. The zero-order valence-electron chi connectivity index (χ0n) is 17.1. The minimum absolute atomic E-state index is 1.05. The van der Waals surface area contributed by atoms with E-state index in [1.807, 2.05) is 0 Å². The third kappa shape index (κ3) is 1.91. The van der Waals surface area contributed by atoms with Crippen LogP contribution in [-0.4, -0.2) is 0 Å². The summed E-state index contributed by atoms with van der Waals surface area (Å²) in [5.41, 5.74) is 2.17. The van der Waals surface area contributed by atoms with E-state index in [4.69, 9.17) is 9.98 Å². The highest BCUT2D eigenvalue weighted by atomic mass is 14.8. The zero-order valence-corrected chi connectivity index (χ0v) is 17.1. The van der Waals surface area contributed by atoms with Crippen LogP contribution in [0.15, 0.2) is 107 Å². The van der Waals surface area contributed by atoms with Gasteiger partial charge in [0, 0.05) is 37.0 Å². The van der Waals surface area contributed by atoms with Crippen LogP contribution in [0.3, 0.4) is 0 Å². The number of fused-ring (bicyclic) bond motifs is 12. The van der Waals surface area contributed by atoms with Gasteiger partial charge in [-0.15, -0.1) is 0 Å². The van der Waals surface area contributed by atoms with Gasteiger partial charge in [-0.25, -0.2) is 9.98 Å². The Balaban J connectivity index is 1.72. The van der Waals surface area contributed by atoms with E-state index in [0.717, 1.165) is 22.1 Å². The highest BCUT2D eigenvalue weighted by Gasteiger charge is 2.17. The first kappa shape index (κ1) is 16.4. The van der Waals surface area contributed by atoms with Gasteiger partial charge in [0.05, 0.1) is 22.1 Å². The molecule has 0 saturated carbocycles. The lowest BCUT2D eigenvalue weighted by Crippen LogP contribution is -1.97. The van der Waals surface area contributed by atoms with E-state index in [1.54, 1.807) is 0 Å². The molecule has 2 heteroatoms. The maximum Gasteiger partial charge on any atom is 0.0801 e. The monoisotopic (exact) mass is 404 g/mol. The predicted molar refractivity (Wildman–Crippen MR) is 129 cm³/mol. The summed E-state index contributed by atoms with van der Waals surface area (Å²) in [7, 11) is 0. The molecule has 0 bridgehead atoms. The van der Waals surface area contributed by atoms with E-state index < -0.39 is 0 Å². The molecule has 0 aromatic heterocycles. The van der Waals surface area contributed by atoms with Gasteiger partial charge < -0.3 is 0 Å². The summed E-state index contributed by atoms with van der Waals surface area (Å²) in [4.78, 5) is 10.1. The van der Waals surface area contributed by atoms with Gasteiger partial charge in [-0.05, 0) is 28.3 Å². The molecule has 32 heavy (non-hydrogen) atoms.